The molecule has 7 nitrogen and oxygen atoms in total. The first-order chi connectivity index (χ1) is 17.2. The van der Waals surface area contributed by atoms with Crippen molar-refractivity contribution in [1.29, 1.82) is 0 Å². The zero-order valence-electron chi connectivity index (χ0n) is 20.4. The predicted octanol–water partition coefficient (Wildman–Crippen LogP) is 4.97. The van der Waals surface area contributed by atoms with Crippen LogP contribution >= 0.6 is 27.3 Å². The van der Waals surface area contributed by atoms with E-state index in [0.29, 0.717) is 24.5 Å². The van der Waals surface area contributed by atoms with Gasteiger partial charge in [-0.2, -0.15) is 4.31 Å². The van der Waals surface area contributed by atoms with E-state index in [1.165, 1.54) is 27.8 Å². The second-order valence-electron chi connectivity index (χ2n) is 8.76. The third-order valence-corrected chi connectivity index (χ3v) is 10.1. The summed E-state index contributed by atoms with van der Waals surface area (Å²) in [6.07, 6.45) is 0.856. The molecule has 3 aromatic rings. The van der Waals surface area contributed by atoms with Gasteiger partial charge < -0.3 is 4.90 Å². The number of hydrogen-bond acceptors (Lipinski definition) is 6. The molecule has 1 saturated heterocycles. The SMILES string of the molecule is CCN(CC)CCN(C(=O)C1CCN(S(=O)(=O)c2ccc(F)cc2)CC1)c1nc2ccc(Br)cc2s1. The molecule has 1 fully saturated rings. The Labute approximate surface area is 224 Å². The molecule has 0 radical (unpaired) electrons. The van der Waals surface area contributed by atoms with Gasteiger partial charge in [0.2, 0.25) is 15.9 Å². The lowest BCUT2D eigenvalue weighted by Gasteiger charge is -2.33. The molecule has 0 spiro atoms. The van der Waals surface area contributed by atoms with Gasteiger partial charge in [0, 0.05) is 36.6 Å². The number of aromatic nitrogens is 1. The number of nitrogens with zero attached hydrogens (tertiary/aromatic N) is 4. The van der Waals surface area contributed by atoms with Gasteiger partial charge in [0.1, 0.15) is 5.82 Å². The highest BCUT2D eigenvalue weighted by atomic mass is 79.9. The van der Waals surface area contributed by atoms with Gasteiger partial charge in [0.25, 0.3) is 0 Å². The van der Waals surface area contributed by atoms with Gasteiger partial charge >= 0.3 is 0 Å². The molecule has 36 heavy (non-hydrogen) atoms. The predicted molar refractivity (Wildman–Crippen MR) is 145 cm³/mol. The van der Waals surface area contributed by atoms with Gasteiger partial charge in [-0.1, -0.05) is 41.1 Å². The molecule has 0 saturated carbocycles. The van der Waals surface area contributed by atoms with Crippen molar-refractivity contribution in [3.8, 4) is 0 Å². The number of amides is 1. The van der Waals surface area contributed by atoms with Crippen molar-refractivity contribution in [3.05, 3.63) is 52.8 Å². The highest BCUT2D eigenvalue weighted by Gasteiger charge is 2.35. The molecule has 0 atom stereocenters. The molecule has 1 aromatic heterocycles. The van der Waals surface area contributed by atoms with Crippen molar-refractivity contribution < 1.29 is 17.6 Å². The van der Waals surface area contributed by atoms with Crippen LogP contribution in [0.5, 0.6) is 0 Å². The minimum absolute atomic E-state index is 0.0147. The third-order valence-electron chi connectivity index (χ3n) is 6.62. The standard InChI is InChI=1S/C25H30BrFN4O3S2/c1-3-29(4-2)15-16-31(25-28-22-10-5-19(26)17-23(22)35-25)24(32)18-11-13-30(14-12-18)36(33,34)21-8-6-20(27)7-9-21/h5-10,17-18H,3-4,11-16H2,1-2H3. The zero-order chi connectivity index (χ0) is 25.9. The summed E-state index contributed by atoms with van der Waals surface area (Å²) in [4.78, 5) is 22.6. The molecule has 1 aliphatic heterocycles. The Hall–Kier alpha value is -1.92. The first-order valence-electron chi connectivity index (χ1n) is 12.1. The van der Waals surface area contributed by atoms with E-state index in [1.807, 2.05) is 18.2 Å². The van der Waals surface area contributed by atoms with Crippen LogP contribution in [-0.4, -0.2) is 67.8 Å². The number of anilines is 1. The summed E-state index contributed by atoms with van der Waals surface area (Å²) < 4.78 is 42.6. The van der Waals surface area contributed by atoms with E-state index in [1.54, 1.807) is 4.90 Å². The maximum Gasteiger partial charge on any atom is 0.243 e. The van der Waals surface area contributed by atoms with Gasteiger partial charge in [-0.05, 0) is 68.4 Å². The molecule has 11 heteroatoms. The minimum Gasteiger partial charge on any atom is -0.302 e. The number of likely N-dealkylation sites (N-methyl/N-ethyl adjacent to an activating group) is 1. The number of carbonyl (C=O) groups excluding carboxylic acids is 1. The smallest absolute Gasteiger partial charge is 0.243 e. The van der Waals surface area contributed by atoms with Crippen LogP contribution in [-0.2, 0) is 14.8 Å². The fraction of sp³-hybridized carbons (Fsp3) is 0.440. The van der Waals surface area contributed by atoms with Crippen LogP contribution in [0.4, 0.5) is 9.52 Å². The number of carbonyl (C=O) groups is 1. The molecule has 194 valence electrons. The molecular formula is C25H30BrFN4O3S2. The molecule has 1 amide bonds. The van der Waals surface area contributed by atoms with E-state index in [-0.39, 0.29) is 29.8 Å². The first-order valence-corrected chi connectivity index (χ1v) is 15.1. The summed E-state index contributed by atoms with van der Waals surface area (Å²) in [6, 6.07) is 10.7. The molecule has 4 rings (SSSR count). The molecule has 1 aliphatic rings. The number of benzene rings is 2. The van der Waals surface area contributed by atoms with E-state index >= 15 is 0 Å². The average molecular weight is 598 g/mol. The van der Waals surface area contributed by atoms with Crippen LogP contribution in [0.3, 0.4) is 0 Å². The lowest BCUT2D eigenvalue weighted by molar-refractivity contribution is -0.123. The molecule has 0 aliphatic carbocycles. The Morgan fingerprint density at radius 2 is 1.78 bits per heavy atom. The number of thiazole rings is 1. The summed E-state index contributed by atoms with van der Waals surface area (Å²) in [6.45, 7) is 7.73. The van der Waals surface area contributed by atoms with Crippen LogP contribution in [0, 0.1) is 11.7 Å². The van der Waals surface area contributed by atoms with Gasteiger partial charge in [0.05, 0.1) is 15.1 Å². The van der Waals surface area contributed by atoms with Crippen molar-refractivity contribution in [3.63, 3.8) is 0 Å². The highest BCUT2D eigenvalue weighted by Crippen LogP contribution is 2.33. The fourth-order valence-electron chi connectivity index (χ4n) is 4.40. The number of rotatable bonds is 9. The Bertz CT molecular complexity index is 1300. The number of halogens is 2. The number of piperidine rings is 1. The maximum atomic E-state index is 13.8. The lowest BCUT2D eigenvalue weighted by atomic mass is 9.96. The number of fused-ring (bicyclic) bond motifs is 1. The molecule has 2 heterocycles. The van der Waals surface area contributed by atoms with Gasteiger partial charge in [-0.25, -0.2) is 17.8 Å². The van der Waals surface area contributed by atoms with Crippen LogP contribution in [0.1, 0.15) is 26.7 Å². The van der Waals surface area contributed by atoms with E-state index in [4.69, 9.17) is 4.98 Å². The summed E-state index contributed by atoms with van der Waals surface area (Å²) in [7, 11) is -3.73. The van der Waals surface area contributed by atoms with Gasteiger partial charge in [0.15, 0.2) is 5.13 Å². The second-order valence-corrected chi connectivity index (χ2v) is 12.6. The molecule has 2 aromatic carbocycles. The van der Waals surface area contributed by atoms with E-state index in [0.717, 1.165) is 46.5 Å². The van der Waals surface area contributed by atoms with Crippen molar-refractivity contribution >= 4 is 58.5 Å². The summed E-state index contributed by atoms with van der Waals surface area (Å²) >= 11 is 4.99. The summed E-state index contributed by atoms with van der Waals surface area (Å²) in [5.41, 5.74) is 0.846. The van der Waals surface area contributed by atoms with E-state index in [2.05, 4.69) is 34.7 Å². The van der Waals surface area contributed by atoms with Crippen molar-refractivity contribution in [2.45, 2.75) is 31.6 Å². The minimum atomic E-state index is -3.73. The Morgan fingerprint density at radius 1 is 1.11 bits per heavy atom. The number of hydrogen-bond donors (Lipinski definition) is 0. The summed E-state index contributed by atoms with van der Waals surface area (Å²) in [5, 5.41) is 0.668. The van der Waals surface area contributed by atoms with Crippen molar-refractivity contribution in [2.24, 2.45) is 5.92 Å². The zero-order valence-corrected chi connectivity index (χ0v) is 23.6. The molecular weight excluding hydrogens is 567 g/mol. The van der Waals surface area contributed by atoms with Crippen LogP contribution in [0.15, 0.2) is 51.8 Å². The van der Waals surface area contributed by atoms with Crippen molar-refractivity contribution in [1.82, 2.24) is 14.2 Å². The normalized spacial score (nSPS) is 15.6. The largest absolute Gasteiger partial charge is 0.302 e. The van der Waals surface area contributed by atoms with Crippen LogP contribution < -0.4 is 4.90 Å². The van der Waals surface area contributed by atoms with Gasteiger partial charge in [-0.3, -0.25) is 9.69 Å². The Balaban J connectivity index is 1.51. The summed E-state index contributed by atoms with van der Waals surface area (Å²) in [5.74, 6) is -0.788. The highest BCUT2D eigenvalue weighted by molar-refractivity contribution is 9.10. The molecule has 0 bridgehead atoms. The third kappa shape index (κ3) is 5.96. The maximum absolute atomic E-state index is 13.8. The lowest BCUT2D eigenvalue weighted by Crippen LogP contribution is -2.46. The fourth-order valence-corrected chi connectivity index (χ4v) is 7.42. The monoisotopic (exact) mass is 596 g/mol. The number of sulfonamides is 1. The average Bonchev–Trinajstić information content (AvgIpc) is 3.29. The van der Waals surface area contributed by atoms with Crippen LogP contribution in [0.2, 0.25) is 0 Å². The Morgan fingerprint density at radius 3 is 2.42 bits per heavy atom. The Kier molecular flexibility index (Phi) is 8.77. The molecule has 0 N–H and O–H groups in total. The quantitative estimate of drug-likeness (QED) is 0.348. The van der Waals surface area contributed by atoms with Crippen LogP contribution in [0.25, 0.3) is 10.2 Å². The van der Waals surface area contributed by atoms with Crippen molar-refractivity contribution in [2.75, 3.05) is 44.2 Å². The first kappa shape index (κ1) is 27.1. The second kappa shape index (κ2) is 11.6. The van der Waals surface area contributed by atoms with Gasteiger partial charge in [-0.15, -0.1) is 0 Å². The molecule has 0 unspecified atom stereocenters. The van der Waals surface area contributed by atoms with E-state index in [9.17, 15) is 17.6 Å². The van der Waals surface area contributed by atoms with E-state index < -0.39 is 15.8 Å². The topological polar surface area (TPSA) is 73.8 Å².